The van der Waals surface area contributed by atoms with Crippen LogP contribution in [0, 0.1) is 0 Å². The predicted molar refractivity (Wildman–Crippen MR) is 126 cm³/mol. The van der Waals surface area contributed by atoms with E-state index in [4.69, 9.17) is 14.2 Å². The van der Waals surface area contributed by atoms with E-state index in [-0.39, 0.29) is 6.10 Å². The van der Waals surface area contributed by atoms with Crippen LogP contribution in [-0.2, 0) is 24.6 Å². The predicted octanol–water partition coefficient (Wildman–Crippen LogP) is 5.38. The summed E-state index contributed by atoms with van der Waals surface area (Å²) in [7, 11) is 0. The smallest absolute Gasteiger partial charge is 0.335 e. The van der Waals surface area contributed by atoms with Crippen molar-refractivity contribution in [2.24, 2.45) is 0 Å². The molecule has 33 heavy (non-hydrogen) atoms. The molecule has 3 unspecified atom stereocenters. The molecule has 1 N–H and O–H groups in total. The number of rotatable bonds is 7. The van der Waals surface area contributed by atoms with Gasteiger partial charge in [0.05, 0.1) is 6.10 Å². The van der Waals surface area contributed by atoms with Gasteiger partial charge in [0.2, 0.25) is 0 Å². The Bertz CT molecular complexity index is 953. The lowest BCUT2D eigenvalue weighted by Crippen LogP contribution is -2.53. The summed E-state index contributed by atoms with van der Waals surface area (Å²) < 4.78 is 18.7. The molecule has 0 spiro atoms. The molecule has 1 heterocycles. The highest BCUT2D eigenvalue weighted by Gasteiger charge is 2.47. The van der Waals surface area contributed by atoms with Crippen LogP contribution in [-0.4, -0.2) is 35.2 Å². The van der Waals surface area contributed by atoms with Crippen LogP contribution in [0.25, 0.3) is 0 Å². The third-order valence-electron chi connectivity index (χ3n) is 5.91. The fraction of sp³-hybridized carbons (Fsp3) is 0.321. The van der Waals surface area contributed by atoms with E-state index in [0.717, 1.165) is 16.7 Å². The lowest BCUT2D eigenvalue weighted by molar-refractivity contribution is -0.314. The molecule has 0 bridgehead atoms. The first-order valence-electron chi connectivity index (χ1n) is 11.2. The van der Waals surface area contributed by atoms with Gasteiger partial charge in [-0.1, -0.05) is 91.0 Å². The Morgan fingerprint density at radius 2 is 1.30 bits per heavy atom. The molecule has 172 valence electrons. The molecule has 0 aromatic heterocycles. The molecule has 5 heteroatoms. The molecule has 0 amide bonds. The van der Waals surface area contributed by atoms with Crippen LogP contribution in [0.1, 0.15) is 43.9 Å². The summed E-state index contributed by atoms with van der Waals surface area (Å²) in [5.74, 6) is -1.98. The minimum atomic E-state index is -1.23. The molecule has 1 saturated heterocycles. The topological polar surface area (TPSA) is 65.0 Å². The fourth-order valence-corrected chi connectivity index (χ4v) is 4.68. The van der Waals surface area contributed by atoms with Crippen molar-refractivity contribution in [3.8, 4) is 0 Å². The van der Waals surface area contributed by atoms with Gasteiger partial charge >= 0.3 is 5.97 Å². The zero-order valence-electron chi connectivity index (χ0n) is 19.2. The summed E-state index contributed by atoms with van der Waals surface area (Å²) in [6, 6.07) is 29.2. The van der Waals surface area contributed by atoms with Crippen LogP contribution >= 0.6 is 0 Å². The van der Waals surface area contributed by atoms with Gasteiger partial charge in [-0.2, -0.15) is 0 Å². The molecule has 1 aliphatic rings. The zero-order chi connectivity index (χ0) is 23.5. The summed E-state index contributed by atoms with van der Waals surface area (Å²) in [4.78, 5) is 12.6. The maximum Gasteiger partial charge on any atom is 0.335 e. The van der Waals surface area contributed by atoms with Crippen LogP contribution in [0.2, 0.25) is 0 Å². The largest absolute Gasteiger partial charge is 0.479 e. The Morgan fingerprint density at radius 1 is 0.879 bits per heavy atom. The minimum absolute atomic E-state index is 0.163. The molecule has 3 atom stereocenters. The van der Waals surface area contributed by atoms with Crippen LogP contribution in [0.4, 0.5) is 0 Å². The van der Waals surface area contributed by atoms with Crippen molar-refractivity contribution in [3.63, 3.8) is 0 Å². The molecule has 0 aliphatic carbocycles. The number of benzene rings is 3. The first kappa shape index (κ1) is 23.2. The third kappa shape index (κ3) is 4.86. The number of ether oxygens (including phenoxy) is 3. The monoisotopic (exact) mass is 446 g/mol. The lowest BCUT2D eigenvalue weighted by Gasteiger charge is -2.44. The average molecular weight is 447 g/mol. The maximum atomic E-state index is 12.6. The number of hydrogen-bond acceptors (Lipinski definition) is 4. The highest BCUT2D eigenvalue weighted by molar-refractivity contribution is 5.73. The normalized spacial score (nSPS) is 21.3. The molecule has 3 aromatic carbocycles. The van der Waals surface area contributed by atoms with Crippen molar-refractivity contribution in [2.75, 3.05) is 0 Å². The standard InChI is InChI=1S/C28H30O5/c1-20-19-24(32-27(2,3)31-20)25(26(29)30)33-28(21-13-7-4-8-14-21,22-15-9-5-10-16-22)23-17-11-6-12-18-23/h4-18,20,24-25H,19H2,1-3H3,(H,29,30). The van der Waals surface area contributed by atoms with Crippen molar-refractivity contribution in [1.82, 2.24) is 0 Å². The summed E-state index contributed by atoms with van der Waals surface area (Å²) >= 11 is 0. The van der Waals surface area contributed by atoms with E-state index in [2.05, 4.69) is 0 Å². The number of carboxylic acids is 1. The molecule has 5 nitrogen and oxygen atoms in total. The van der Waals surface area contributed by atoms with Gasteiger partial charge in [-0.25, -0.2) is 4.79 Å². The molecule has 3 aromatic rings. The summed E-state index contributed by atoms with van der Waals surface area (Å²) in [6.45, 7) is 5.52. The third-order valence-corrected chi connectivity index (χ3v) is 5.91. The highest BCUT2D eigenvalue weighted by atomic mass is 16.7. The molecular weight excluding hydrogens is 416 g/mol. The average Bonchev–Trinajstić information content (AvgIpc) is 2.80. The van der Waals surface area contributed by atoms with Crippen molar-refractivity contribution in [2.45, 2.75) is 56.9 Å². The second-order valence-corrected chi connectivity index (χ2v) is 8.88. The lowest BCUT2D eigenvalue weighted by atomic mass is 9.79. The van der Waals surface area contributed by atoms with Crippen molar-refractivity contribution >= 4 is 5.97 Å². The van der Waals surface area contributed by atoms with Gasteiger partial charge in [0.1, 0.15) is 11.7 Å². The van der Waals surface area contributed by atoms with E-state index < -0.39 is 29.6 Å². The van der Waals surface area contributed by atoms with Gasteiger partial charge in [0, 0.05) is 6.42 Å². The van der Waals surface area contributed by atoms with Crippen LogP contribution in [0.15, 0.2) is 91.0 Å². The van der Waals surface area contributed by atoms with E-state index in [1.807, 2.05) is 97.9 Å². The first-order chi connectivity index (χ1) is 15.8. The van der Waals surface area contributed by atoms with Gasteiger partial charge in [-0.05, 0) is 37.5 Å². The number of hydrogen-bond donors (Lipinski definition) is 1. The Labute approximate surface area is 194 Å². The number of aliphatic carboxylic acids is 1. The zero-order valence-corrected chi connectivity index (χ0v) is 19.2. The van der Waals surface area contributed by atoms with Gasteiger partial charge in [0.15, 0.2) is 11.9 Å². The van der Waals surface area contributed by atoms with Crippen molar-refractivity contribution in [1.29, 1.82) is 0 Å². The Hall–Kier alpha value is -2.99. The number of carboxylic acid groups (broad SMARTS) is 1. The minimum Gasteiger partial charge on any atom is -0.479 e. The van der Waals surface area contributed by atoms with E-state index in [1.165, 1.54) is 0 Å². The fourth-order valence-electron chi connectivity index (χ4n) is 4.68. The maximum absolute atomic E-state index is 12.6. The Kier molecular flexibility index (Phi) is 6.66. The number of carbonyl (C=O) groups is 1. The quantitative estimate of drug-likeness (QED) is 0.494. The highest BCUT2D eigenvalue weighted by Crippen LogP contribution is 2.43. The van der Waals surface area contributed by atoms with Gasteiger partial charge < -0.3 is 19.3 Å². The first-order valence-corrected chi connectivity index (χ1v) is 11.2. The molecule has 1 fully saturated rings. The molecule has 4 rings (SSSR count). The van der Waals surface area contributed by atoms with Gasteiger partial charge in [0.25, 0.3) is 0 Å². The van der Waals surface area contributed by atoms with E-state index in [0.29, 0.717) is 6.42 Å². The molecular formula is C28H30O5. The Balaban J connectivity index is 1.90. The summed E-state index contributed by atoms with van der Waals surface area (Å²) in [5.41, 5.74) is 1.37. The van der Waals surface area contributed by atoms with Gasteiger partial charge in [-0.15, -0.1) is 0 Å². The molecule has 0 saturated carbocycles. The van der Waals surface area contributed by atoms with E-state index in [1.54, 1.807) is 13.8 Å². The summed E-state index contributed by atoms with van der Waals surface area (Å²) in [5, 5.41) is 10.3. The summed E-state index contributed by atoms with van der Waals surface area (Å²) in [6.07, 6.45) is -1.66. The Morgan fingerprint density at radius 3 is 1.67 bits per heavy atom. The van der Waals surface area contributed by atoms with Crippen LogP contribution in [0.5, 0.6) is 0 Å². The van der Waals surface area contributed by atoms with Crippen LogP contribution in [0.3, 0.4) is 0 Å². The second-order valence-electron chi connectivity index (χ2n) is 8.88. The van der Waals surface area contributed by atoms with Gasteiger partial charge in [-0.3, -0.25) is 0 Å². The molecule has 1 aliphatic heterocycles. The van der Waals surface area contributed by atoms with Crippen LogP contribution < -0.4 is 0 Å². The van der Waals surface area contributed by atoms with E-state index in [9.17, 15) is 9.90 Å². The molecule has 0 radical (unpaired) electrons. The van der Waals surface area contributed by atoms with Crippen molar-refractivity contribution in [3.05, 3.63) is 108 Å². The van der Waals surface area contributed by atoms with E-state index >= 15 is 0 Å². The second kappa shape index (κ2) is 9.48. The van der Waals surface area contributed by atoms with Crippen molar-refractivity contribution < 1.29 is 24.1 Å². The SMILES string of the molecule is CC1CC(C(OC(c2ccccc2)(c2ccccc2)c2ccccc2)C(=O)O)OC(C)(C)O1.